The van der Waals surface area contributed by atoms with Crippen molar-refractivity contribution >= 4 is 29.1 Å². The Morgan fingerprint density at radius 3 is 2.61 bits per heavy atom. The maximum absolute atomic E-state index is 13.8. The second-order valence-electron chi connectivity index (χ2n) is 7.67. The van der Waals surface area contributed by atoms with E-state index in [0.29, 0.717) is 41.5 Å². The summed E-state index contributed by atoms with van der Waals surface area (Å²) < 4.78 is 6.25. The SMILES string of the molecule is O=C1[C@@H]2C[C@@H](CN2C(=O)c2ccc(Cl)cc2)Oc2ccccc2N1Cc1ccccn1. The van der Waals surface area contributed by atoms with Crippen molar-refractivity contribution in [2.24, 2.45) is 0 Å². The van der Waals surface area contributed by atoms with Gasteiger partial charge in [0.15, 0.2) is 0 Å². The van der Waals surface area contributed by atoms with Gasteiger partial charge < -0.3 is 14.5 Å². The second-order valence-corrected chi connectivity index (χ2v) is 8.11. The van der Waals surface area contributed by atoms with Gasteiger partial charge in [0.1, 0.15) is 17.9 Å². The molecule has 2 atom stereocenters. The molecule has 156 valence electrons. The third-order valence-corrected chi connectivity index (χ3v) is 5.91. The van der Waals surface area contributed by atoms with Crippen LogP contribution in [0.3, 0.4) is 0 Å². The van der Waals surface area contributed by atoms with Crippen molar-refractivity contribution < 1.29 is 14.3 Å². The molecule has 0 saturated carbocycles. The van der Waals surface area contributed by atoms with Crippen LogP contribution in [0.1, 0.15) is 22.5 Å². The molecule has 0 unspecified atom stereocenters. The van der Waals surface area contributed by atoms with Crippen molar-refractivity contribution in [1.82, 2.24) is 9.88 Å². The quantitative estimate of drug-likeness (QED) is 0.627. The summed E-state index contributed by atoms with van der Waals surface area (Å²) in [5.74, 6) is 0.298. The topological polar surface area (TPSA) is 62.7 Å². The lowest BCUT2D eigenvalue weighted by molar-refractivity contribution is -0.122. The number of carbonyl (C=O) groups is 2. The van der Waals surface area contributed by atoms with E-state index in [1.807, 2.05) is 42.5 Å². The number of anilines is 1. The minimum atomic E-state index is -0.606. The van der Waals surface area contributed by atoms with Gasteiger partial charge in [-0.25, -0.2) is 0 Å². The maximum Gasteiger partial charge on any atom is 0.254 e. The van der Waals surface area contributed by atoms with E-state index in [9.17, 15) is 9.59 Å². The van der Waals surface area contributed by atoms with E-state index in [-0.39, 0.29) is 17.9 Å². The summed E-state index contributed by atoms with van der Waals surface area (Å²) in [6, 6.07) is 19.2. The van der Waals surface area contributed by atoms with Crippen LogP contribution >= 0.6 is 11.6 Å². The maximum atomic E-state index is 13.8. The predicted molar refractivity (Wildman–Crippen MR) is 117 cm³/mol. The summed E-state index contributed by atoms with van der Waals surface area (Å²) in [7, 11) is 0. The third-order valence-electron chi connectivity index (χ3n) is 5.66. The van der Waals surface area contributed by atoms with Crippen LogP contribution in [0.15, 0.2) is 72.9 Å². The molecular weight excluding hydrogens is 414 g/mol. The normalized spacial score (nSPS) is 20.0. The first-order valence-electron chi connectivity index (χ1n) is 10.1. The highest BCUT2D eigenvalue weighted by atomic mass is 35.5. The number of hydrogen-bond donors (Lipinski definition) is 0. The average molecular weight is 434 g/mol. The van der Waals surface area contributed by atoms with Gasteiger partial charge in [-0.1, -0.05) is 29.8 Å². The first kappa shape index (κ1) is 19.6. The molecule has 1 saturated heterocycles. The first-order valence-corrected chi connectivity index (χ1v) is 10.5. The van der Waals surface area contributed by atoms with Gasteiger partial charge in [0, 0.05) is 23.2 Å². The Labute approximate surface area is 185 Å². The highest BCUT2D eigenvalue weighted by molar-refractivity contribution is 6.30. The lowest BCUT2D eigenvalue weighted by atomic mass is 10.1. The highest BCUT2D eigenvalue weighted by Gasteiger charge is 2.45. The van der Waals surface area contributed by atoms with Crippen molar-refractivity contribution in [2.45, 2.75) is 25.1 Å². The molecule has 3 aromatic rings. The fourth-order valence-electron chi connectivity index (χ4n) is 4.17. The molecule has 1 fully saturated rings. The number of nitrogens with zero attached hydrogens (tertiary/aromatic N) is 3. The number of para-hydroxylation sites is 2. The van der Waals surface area contributed by atoms with Gasteiger partial charge >= 0.3 is 0 Å². The van der Waals surface area contributed by atoms with Gasteiger partial charge in [0.2, 0.25) is 5.91 Å². The summed E-state index contributed by atoms with van der Waals surface area (Å²) in [6.45, 7) is 0.647. The predicted octanol–water partition coefficient (Wildman–Crippen LogP) is 3.94. The Morgan fingerprint density at radius 1 is 1.06 bits per heavy atom. The molecule has 3 heterocycles. The average Bonchev–Trinajstić information content (AvgIpc) is 3.22. The number of rotatable bonds is 3. The molecule has 2 aliphatic rings. The zero-order valence-corrected chi connectivity index (χ0v) is 17.4. The van der Waals surface area contributed by atoms with Crippen LogP contribution in [0.4, 0.5) is 5.69 Å². The van der Waals surface area contributed by atoms with E-state index in [4.69, 9.17) is 16.3 Å². The lowest BCUT2D eigenvalue weighted by Gasteiger charge is -2.31. The fourth-order valence-corrected chi connectivity index (χ4v) is 4.30. The number of aromatic nitrogens is 1. The molecule has 2 aliphatic heterocycles. The fraction of sp³-hybridized carbons (Fsp3) is 0.208. The van der Waals surface area contributed by atoms with E-state index in [2.05, 4.69) is 4.98 Å². The number of amides is 2. The molecule has 0 aliphatic carbocycles. The van der Waals surface area contributed by atoms with E-state index < -0.39 is 6.04 Å². The van der Waals surface area contributed by atoms with Crippen LogP contribution in [-0.4, -0.2) is 40.4 Å². The van der Waals surface area contributed by atoms with E-state index in [1.165, 1.54) is 0 Å². The summed E-state index contributed by atoms with van der Waals surface area (Å²) >= 11 is 5.97. The molecule has 2 amide bonds. The van der Waals surface area contributed by atoms with E-state index in [0.717, 1.165) is 5.69 Å². The molecule has 0 spiro atoms. The summed E-state index contributed by atoms with van der Waals surface area (Å²) in [6.07, 6.45) is 1.91. The molecule has 2 bridgehead atoms. The number of ether oxygens (including phenoxy) is 1. The van der Waals surface area contributed by atoms with Crippen molar-refractivity contribution in [3.05, 3.63) is 89.2 Å². The number of halogens is 1. The standard InChI is InChI=1S/C24H20ClN3O3/c25-17-10-8-16(9-11-17)23(29)28-15-19-13-21(28)24(30)27(14-18-5-3-4-12-26-18)20-6-1-2-7-22(20)31-19/h1-12,19,21H,13-15H2/t19-,21-/m0/s1. The number of hydrogen-bond acceptors (Lipinski definition) is 4. The van der Waals surface area contributed by atoms with E-state index in [1.54, 1.807) is 40.3 Å². The summed E-state index contributed by atoms with van der Waals surface area (Å²) in [4.78, 5) is 34.7. The molecule has 5 rings (SSSR count). The lowest BCUT2D eigenvalue weighted by Crippen LogP contribution is -2.48. The molecule has 0 radical (unpaired) electrons. The van der Waals surface area contributed by atoms with Gasteiger partial charge in [-0.2, -0.15) is 0 Å². The van der Waals surface area contributed by atoms with Crippen molar-refractivity contribution in [3.8, 4) is 5.75 Å². The molecule has 6 nitrogen and oxygen atoms in total. The highest BCUT2D eigenvalue weighted by Crippen LogP contribution is 2.37. The summed E-state index contributed by atoms with van der Waals surface area (Å²) in [5.41, 5.74) is 1.95. The number of likely N-dealkylation sites (tertiary alicyclic amines) is 1. The van der Waals surface area contributed by atoms with Gasteiger partial charge in [-0.3, -0.25) is 14.6 Å². The second kappa shape index (κ2) is 8.04. The monoisotopic (exact) mass is 433 g/mol. The number of fused-ring (bicyclic) bond motifs is 3. The summed E-state index contributed by atoms with van der Waals surface area (Å²) in [5, 5.41) is 0.557. The van der Waals surface area contributed by atoms with Crippen LogP contribution in [0, 0.1) is 0 Å². The van der Waals surface area contributed by atoms with Crippen LogP contribution in [-0.2, 0) is 11.3 Å². The molecule has 2 aromatic carbocycles. The smallest absolute Gasteiger partial charge is 0.254 e. The van der Waals surface area contributed by atoms with Gasteiger partial charge in [-0.05, 0) is 48.5 Å². The Morgan fingerprint density at radius 2 is 1.84 bits per heavy atom. The molecule has 1 aromatic heterocycles. The van der Waals surface area contributed by atoms with Crippen molar-refractivity contribution in [3.63, 3.8) is 0 Å². The zero-order chi connectivity index (χ0) is 21.4. The van der Waals surface area contributed by atoms with E-state index >= 15 is 0 Å². The number of carbonyl (C=O) groups excluding carboxylic acids is 2. The van der Waals surface area contributed by atoms with Crippen LogP contribution < -0.4 is 9.64 Å². The zero-order valence-electron chi connectivity index (χ0n) is 16.6. The number of benzene rings is 2. The molecule has 7 heteroatoms. The van der Waals surface area contributed by atoms with Gasteiger partial charge in [0.25, 0.3) is 5.91 Å². The Kier molecular flexibility index (Phi) is 5.08. The molecule has 0 N–H and O–H groups in total. The molecular formula is C24H20ClN3O3. The van der Waals surface area contributed by atoms with Crippen LogP contribution in [0.2, 0.25) is 5.02 Å². The van der Waals surface area contributed by atoms with Crippen LogP contribution in [0.25, 0.3) is 0 Å². The largest absolute Gasteiger partial charge is 0.486 e. The van der Waals surface area contributed by atoms with Crippen LogP contribution in [0.5, 0.6) is 5.75 Å². The first-order chi connectivity index (χ1) is 15.1. The van der Waals surface area contributed by atoms with Gasteiger partial charge in [0.05, 0.1) is 24.5 Å². The Bertz CT molecular complexity index is 1120. The van der Waals surface area contributed by atoms with Crippen molar-refractivity contribution in [1.29, 1.82) is 0 Å². The Balaban J connectivity index is 1.52. The number of pyridine rings is 1. The minimum absolute atomic E-state index is 0.133. The minimum Gasteiger partial charge on any atom is -0.486 e. The van der Waals surface area contributed by atoms with Gasteiger partial charge in [-0.15, -0.1) is 0 Å². The Hall–Kier alpha value is -3.38. The third kappa shape index (κ3) is 3.75. The molecule has 31 heavy (non-hydrogen) atoms. The van der Waals surface area contributed by atoms with Crippen molar-refractivity contribution in [2.75, 3.05) is 11.4 Å².